The predicted octanol–water partition coefficient (Wildman–Crippen LogP) is 3.65. The third kappa shape index (κ3) is 4.89. The summed E-state index contributed by atoms with van der Waals surface area (Å²) in [6, 6.07) is 16.8. The standard InChI is InChI=1S/C17H19Cl2NO2/c18-10-11-20-17(13-6-8-14(19)9-7-13)16(12-21)22-15-4-2-1-3-5-15/h1-9,16-17,20-21H,10-12H2/t16-,17-/m1/s1. The first-order valence-corrected chi connectivity index (χ1v) is 8.03. The molecule has 5 heteroatoms. The molecule has 2 aromatic carbocycles. The van der Waals surface area contributed by atoms with Gasteiger partial charge in [0.05, 0.1) is 12.6 Å². The van der Waals surface area contributed by atoms with Gasteiger partial charge < -0.3 is 15.2 Å². The number of rotatable bonds is 8. The van der Waals surface area contributed by atoms with E-state index in [9.17, 15) is 5.11 Å². The lowest BCUT2D eigenvalue weighted by Crippen LogP contribution is -2.39. The first-order valence-electron chi connectivity index (χ1n) is 7.12. The average Bonchev–Trinajstić information content (AvgIpc) is 2.56. The van der Waals surface area contributed by atoms with Gasteiger partial charge >= 0.3 is 0 Å². The Hall–Kier alpha value is -1.26. The predicted molar refractivity (Wildman–Crippen MR) is 90.9 cm³/mol. The van der Waals surface area contributed by atoms with E-state index in [0.717, 1.165) is 5.56 Å². The van der Waals surface area contributed by atoms with E-state index in [1.165, 1.54) is 0 Å². The van der Waals surface area contributed by atoms with Crippen molar-refractivity contribution >= 4 is 23.2 Å². The number of alkyl halides is 1. The lowest BCUT2D eigenvalue weighted by Gasteiger charge is -2.28. The largest absolute Gasteiger partial charge is 0.486 e. The van der Waals surface area contributed by atoms with Crippen LogP contribution in [-0.4, -0.2) is 30.2 Å². The molecule has 2 atom stereocenters. The lowest BCUT2D eigenvalue weighted by atomic mass is 10.0. The van der Waals surface area contributed by atoms with Gasteiger partial charge in [-0.15, -0.1) is 11.6 Å². The second-order valence-electron chi connectivity index (χ2n) is 4.82. The van der Waals surface area contributed by atoms with E-state index >= 15 is 0 Å². The van der Waals surface area contributed by atoms with Crippen molar-refractivity contribution in [3.63, 3.8) is 0 Å². The fourth-order valence-electron chi connectivity index (χ4n) is 2.23. The van der Waals surface area contributed by atoms with E-state index < -0.39 is 6.10 Å². The van der Waals surface area contributed by atoms with Crippen molar-refractivity contribution in [1.82, 2.24) is 5.32 Å². The van der Waals surface area contributed by atoms with Crippen molar-refractivity contribution in [3.8, 4) is 5.75 Å². The fourth-order valence-corrected chi connectivity index (χ4v) is 2.46. The van der Waals surface area contributed by atoms with Crippen molar-refractivity contribution in [1.29, 1.82) is 0 Å². The summed E-state index contributed by atoms with van der Waals surface area (Å²) in [5.74, 6) is 1.20. The van der Waals surface area contributed by atoms with Gasteiger partial charge in [0.2, 0.25) is 0 Å². The third-order valence-electron chi connectivity index (χ3n) is 3.27. The van der Waals surface area contributed by atoms with Gasteiger partial charge in [-0.1, -0.05) is 41.9 Å². The highest BCUT2D eigenvalue weighted by Crippen LogP contribution is 2.23. The van der Waals surface area contributed by atoms with Gasteiger partial charge in [0.1, 0.15) is 11.9 Å². The third-order valence-corrected chi connectivity index (χ3v) is 3.71. The quantitative estimate of drug-likeness (QED) is 0.721. The van der Waals surface area contributed by atoms with E-state index in [-0.39, 0.29) is 12.6 Å². The first kappa shape index (κ1) is 17.1. The van der Waals surface area contributed by atoms with Crippen LogP contribution >= 0.6 is 23.2 Å². The van der Waals surface area contributed by atoms with Crippen molar-refractivity contribution < 1.29 is 9.84 Å². The number of hydrogen-bond donors (Lipinski definition) is 2. The van der Waals surface area contributed by atoms with Crippen molar-refractivity contribution in [2.24, 2.45) is 0 Å². The van der Waals surface area contributed by atoms with Gasteiger partial charge in [0.25, 0.3) is 0 Å². The minimum atomic E-state index is -0.424. The number of aliphatic hydroxyl groups is 1. The second kappa shape index (κ2) is 9.01. The number of halogens is 2. The van der Waals surface area contributed by atoms with Crippen LogP contribution in [0.15, 0.2) is 54.6 Å². The fraction of sp³-hybridized carbons (Fsp3) is 0.294. The number of aliphatic hydroxyl groups excluding tert-OH is 1. The van der Waals surface area contributed by atoms with Crippen LogP contribution in [0.2, 0.25) is 5.02 Å². The molecule has 2 N–H and O–H groups in total. The summed E-state index contributed by atoms with van der Waals surface area (Å²) < 4.78 is 5.92. The van der Waals surface area contributed by atoms with Gasteiger partial charge in [0.15, 0.2) is 0 Å². The highest BCUT2D eigenvalue weighted by molar-refractivity contribution is 6.30. The Morgan fingerprint density at radius 2 is 1.73 bits per heavy atom. The van der Waals surface area contributed by atoms with E-state index in [0.29, 0.717) is 23.2 Å². The van der Waals surface area contributed by atoms with Crippen LogP contribution in [0.4, 0.5) is 0 Å². The number of para-hydroxylation sites is 1. The van der Waals surface area contributed by atoms with Crippen LogP contribution in [0.25, 0.3) is 0 Å². The molecule has 22 heavy (non-hydrogen) atoms. The SMILES string of the molecule is OC[C@@H](Oc1ccccc1)[C@H](NCCCl)c1ccc(Cl)cc1. The Bertz CT molecular complexity index is 548. The molecular weight excluding hydrogens is 321 g/mol. The molecule has 0 saturated carbocycles. The Kier molecular flexibility index (Phi) is 7.00. The van der Waals surface area contributed by atoms with E-state index in [1.54, 1.807) is 0 Å². The minimum absolute atomic E-state index is 0.114. The van der Waals surface area contributed by atoms with Gasteiger partial charge in [-0.05, 0) is 29.8 Å². The molecule has 0 saturated heterocycles. The molecular formula is C17H19Cl2NO2. The van der Waals surface area contributed by atoms with Crippen LogP contribution in [0.1, 0.15) is 11.6 Å². The molecule has 2 rings (SSSR count). The zero-order chi connectivity index (χ0) is 15.8. The molecule has 0 bridgehead atoms. The molecule has 0 spiro atoms. The second-order valence-corrected chi connectivity index (χ2v) is 5.64. The summed E-state index contributed by atoms with van der Waals surface area (Å²) >= 11 is 11.7. The molecule has 118 valence electrons. The van der Waals surface area contributed by atoms with Crippen molar-refractivity contribution in [2.75, 3.05) is 19.0 Å². The number of benzene rings is 2. The summed E-state index contributed by atoms with van der Waals surface area (Å²) in [5, 5.41) is 13.7. The summed E-state index contributed by atoms with van der Waals surface area (Å²) in [4.78, 5) is 0. The zero-order valence-corrected chi connectivity index (χ0v) is 13.6. The van der Waals surface area contributed by atoms with E-state index in [1.807, 2.05) is 54.6 Å². The molecule has 0 aromatic heterocycles. The maximum absolute atomic E-state index is 9.75. The van der Waals surface area contributed by atoms with Gasteiger partial charge in [-0.25, -0.2) is 0 Å². The summed E-state index contributed by atoms with van der Waals surface area (Å²) in [5.41, 5.74) is 0.990. The Morgan fingerprint density at radius 3 is 2.32 bits per heavy atom. The Labute approximate surface area is 140 Å². The number of hydrogen-bond acceptors (Lipinski definition) is 3. The molecule has 0 radical (unpaired) electrons. The monoisotopic (exact) mass is 339 g/mol. The number of nitrogens with one attached hydrogen (secondary N) is 1. The zero-order valence-electron chi connectivity index (χ0n) is 12.1. The molecule has 0 amide bonds. The molecule has 0 unspecified atom stereocenters. The molecule has 0 fully saturated rings. The van der Waals surface area contributed by atoms with Gasteiger partial charge in [0, 0.05) is 17.4 Å². The van der Waals surface area contributed by atoms with Crippen LogP contribution < -0.4 is 10.1 Å². The van der Waals surface area contributed by atoms with E-state index in [2.05, 4.69) is 5.32 Å². The minimum Gasteiger partial charge on any atom is -0.486 e. The first-order chi connectivity index (χ1) is 10.7. The van der Waals surface area contributed by atoms with Crippen molar-refractivity contribution in [3.05, 3.63) is 65.2 Å². The highest BCUT2D eigenvalue weighted by Gasteiger charge is 2.24. The molecule has 3 nitrogen and oxygen atoms in total. The summed E-state index contributed by atoms with van der Waals surface area (Å²) in [6.07, 6.45) is -0.424. The molecule has 0 aliphatic heterocycles. The topological polar surface area (TPSA) is 41.5 Å². The van der Waals surface area contributed by atoms with Gasteiger partial charge in [-0.3, -0.25) is 0 Å². The van der Waals surface area contributed by atoms with E-state index in [4.69, 9.17) is 27.9 Å². The highest BCUT2D eigenvalue weighted by atomic mass is 35.5. The lowest BCUT2D eigenvalue weighted by molar-refractivity contribution is 0.0831. The van der Waals surface area contributed by atoms with Crippen LogP contribution in [0.3, 0.4) is 0 Å². The van der Waals surface area contributed by atoms with Crippen molar-refractivity contribution in [2.45, 2.75) is 12.1 Å². The maximum atomic E-state index is 9.75. The van der Waals surface area contributed by atoms with Crippen LogP contribution in [0.5, 0.6) is 5.75 Å². The molecule has 2 aromatic rings. The maximum Gasteiger partial charge on any atom is 0.141 e. The normalized spacial score (nSPS) is 13.6. The Balaban J connectivity index is 2.19. The smallest absolute Gasteiger partial charge is 0.141 e. The Morgan fingerprint density at radius 1 is 1.05 bits per heavy atom. The molecule has 0 heterocycles. The summed E-state index contributed by atoms with van der Waals surface area (Å²) in [6.45, 7) is 0.501. The number of ether oxygens (including phenoxy) is 1. The summed E-state index contributed by atoms with van der Waals surface area (Å²) in [7, 11) is 0. The molecule has 0 aliphatic rings. The van der Waals surface area contributed by atoms with Crippen LogP contribution in [0, 0.1) is 0 Å². The van der Waals surface area contributed by atoms with Gasteiger partial charge in [-0.2, -0.15) is 0 Å². The van der Waals surface area contributed by atoms with Crippen LogP contribution in [-0.2, 0) is 0 Å². The molecule has 0 aliphatic carbocycles. The average molecular weight is 340 g/mol.